The van der Waals surface area contributed by atoms with Crippen molar-refractivity contribution < 1.29 is 23.4 Å². The highest BCUT2D eigenvalue weighted by molar-refractivity contribution is 5.85. The predicted molar refractivity (Wildman–Crippen MR) is 68.0 cm³/mol. The lowest BCUT2D eigenvalue weighted by atomic mass is 10.1. The van der Waals surface area contributed by atoms with Gasteiger partial charge >= 0.3 is 5.97 Å². The maximum atomic E-state index is 13.7. The van der Waals surface area contributed by atoms with Gasteiger partial charge < -0.3 is 9.84 Å². The van der Waals surface area contributed by atoms with Crippen molar-refractivity contribution in [2.75, 3.05) is 0 Å². The molecule has 104 valence electrons. The van der Waals surface area contributed by atoms with Crippen molar-refractivity contribution in [2.24, 2.45) is 0 Å². The molecular weight excluding hydrogens is 254 g/mol. The zero-order chi connectivity index (χ0) is 14.4. The molecule has 1 rings (SSSR count). The van der Waals surface area contributed by atoms with Gasteiger partial charge in [-0.05, 0) is 37.1 Å². The summed E-state index contributed by atoms with van der Waals surface area (Å²) in [5.41, 5.74) is 0.132. The Bertz CT molecular complexity index is 461. The quantitative estimate of drug-likeness (QED) is 0.803. The SMILES string of the molecule is CCCC(C)Oc1c(F)cc(/C=C/C(=O)O)cc1F. The molecule has 0 radical (unpaired) electrons. The number of aliphatic carboxylic acids is 1. The van der Waals surface area contributed by atoms with Gasteiger partial charge in [0, 0.05) is 6.08 Å². The predicted octanol–water partition coefficient (Wildman–Crippen LogP) is 3.63. The number of hydrogen-bond acceptors (Lipinski definition) is 2. The lowest BCUT2D eigenvalue weighted by molar-refractivity contribution is -0.131. The van der Waals surface area contributed by atoms with Gasteiger partial charge in [0.05, 0.1) is 6.10 Å². The van der Waals surface area contributed by atoms with Crippen molar-refractivity contribution in [3.63, 3.8) is 0 Å². The molecule has 0 fully saturated rings. The van der Waals surface area contributed by atoms with Crippen LogP contribution in [0.15, 0.2) is 18.2 Å². The van der Waals surface area contributed by atoms with Gasteiger partial charge in [0.25, 0.3) is 0 Å². The van der Waals surface area contributed by atoms with Crippen LogP contribution in [0.25, 0.3) is 6.08 Å². The molecule has 1 atom stereocenters. The molecule has 3 nitrogen and oxygen atoms in total. The van der Waals surface area contributed by atoms with Crippen LogP contribution in [0.3, 0.4) is 0 Å². The maximum Gasteiger partial charge on any atom is 0.328 e. The maximum absolute atomic E-state index is 13.7. The fourth-order valence-corrected chi connectivity index (χ4v) is 1.62. The molecule has 0 aromatic heterocycles. The molecule has 0 saturated carbocycles. The van der Waals surface area contributed by atoms with E-state index in [1.165, 1.54) is 0 Å². The second kappa shape index (κ2) is 6.87. The van der Waals surface area contributed by atoms with Crippen LogP contribution in [-0.4, -0.2) is 17.2 Å². The molecule has 0 saturated heterocycles. The summed E-state index contributed by atoms with van der Waals surface area (Å²) in [5.74, 6) is -3.29. The minimum atomic E-state index is -1.18. The van der Waals surface area contributed by atoms with E-state index in [-0.39, 0.29) is 11.7 Å². The number of carbonyl (C=O) groups is 1. The zero-order valence-electron chi connectivity index (χ0n) is 10.8. The number of halogens is 2. The van der Waals surface area contributed by atoms with Crippen LogP contribution >= 0.6 is 0 Å². The van der Waals surface area contributed by atoms with Crippen LogP contribution in [0.5, 0.6) is 5.75 Å². The number of benzene rings is 1. The van der Waals surface area contributed by atoms with Crippen molar-refractivity contribution >= 4 is 12.0 Å². The average molecular weight is 270 g/mol. The van der Waals surface area contributed by atoms with Crippen LogP contribution in [0.2, 0.25) is 0 Å². The smallest absolute Gasteiger partial charge is 0.328 e. The van der Waals surface area contributed by atoms with Crippen LogP contribution < -0.4 is 4.74 Å². The molecule has 19 heavy (non-hydrogen) atoms. The van der Waals surface area contributed by atoms with Gasteiger partial charge in [-0.3, -0.25) is 0 Å². The van der Waals surface area contributed by atoms with E-state index in [1.807, 2.05) is 6.92 Å². The van der Waals surface area contributed by atoms with E-state index < -0.39 is 23.4 Å². The number of hydrogen-bond donors (Lipinski definition) is 1. The van der Waals surface area contributed by atoms with Gasteiger partial charge in [0.1, 0.15) is 0 Å². The number of rotatable bonds is 6. The Hall–Kier alpha value is -1.91. The fourth-order valence-electron chi connectivity index (χ4n) is 1.62. The molecule has 0 amide bonds. The average Bonchev–Trinajstić information content (AvgIpc) is 2.31. The largest absolute Gasteiger partial charge is 0.485 e. The zero-order valence-corrected chi connectivity index (χ0v) is 10.8. The van der Waals surface area contributed by atoms with E-state index in [4.69, 9.17) is 9.84 Å². The van der Waals surface area contributed by atoms with E-state index >= 15 is 0 Å². The van der Waals surface area contributed by atoms with E-state index in [1.54, 1.807) is 6.92 Å². The first kappa shape index (κ1) is 15.1. The van der Waals surface area contributed by atoms with E-state index in [0.717, 1.165) is 30.7 Å². The summed E-state index contributed by atoms with van der Waals surface area (Å²) in [5, 5.41) is 8.45. The second-order valence-corrected chi connectivity index (χ2v) is 4.20. The summed E-state index contributed by atoms with van der Waals surface area (Å²) in [4.78, 5) is 10.3. The highest BCUT2D eigenvalue weighted by Gasteiger charge is 2.14. The van der Waals surface area contributed by atoms with Crippen molar-refractivity contribution in [3.8, 4) is 5.75 Å². The van der Waals surface area contributed by atoms with Gasteiger partial charge in [-0.15, -0.1) is 0 Å². The van der Waals surface area contributed by atoms with Gasteiger partial charge in [-0.2, -0.15) is 0 Å². The molecule has 0 heterocycles. The Morgan fingerprint density at radius 2 is 2.00 bits per heavy atom. The molecule has 5 heteroatoms. The third-order valence-electron chi connectivity index (χ3n) is 2.45. The van der Waals surface area contributed by atoms with E-state index in [2.05, 4.69) is 0 Å². The molecule has 0 spiro atoms. The standard InChI is InChI=1S/C14H16F2O3/c1-3-4-9(2)19-14-11(15)7-10(8-12(14)16)5-6-13(17)18/h5-9H,3-4H2,1-2H3,(H,17,18)/b6-5+. The fraction of sp³-hybridized carbons (Fsp3) is 0.357. The van der Waals surface area contributed by atoms with Crippen LogP contribution in [-0.2, 0) is 4.79 Å². The Labute approximate surface area is 110 Å². The molecule has 0 aliphatic carbocycles. The lowest BCUT2D eigenvalue weighted by Crippen LogP contribution is -2.13. The topological polar surface area (TPSA) is 46.5 Å². The summed E-state index contributed by atoms with van der Waals surface area (Å²) >= 11 is 0. The minimum Gasteiger partial charge on any atom is -0.485 e. The molecule has 1 N–H and O–H groups in total. The highest BCUT2D eigenvalue weighted by Crippen LogP contribution is 2.25. The highest BCUT2D eigenvalue weighted by atomic mass is 19.1. The van der Waals surface area contributed by atoms with Gasteiger partial charge in [0.2, 0.25) is 0 Å². The Morgan fingerprint density at radius 3 is 2.47 bits per heavy atom. The first-order valence-electron chi connectivity index (χ1n) is 6.00. The molecule has 1 unspecified atom stereocenters. The summed E-state index contributed by atoms with van der Waals surface area (Å²) in [7, 11) is 0. The molecule has 1 aromatic rings. The molecule has 0 aliphatic rings. The van der Waals surface area contributed by atoms with Gasteiger partial charge in [0.15, 0.2) is 17.4 Å². The van der Waals surface area contributed by atoms with E-state index in [0.29, 0.717) is 6.42 Å². The summed E-state index contributed by atoms with van der Waals surface area (Å²) in [6, 6.07) is 2.08. The minimum absolute atomic E-state index is 0.132. The third kappa shape index (κ3) is 4.69. The molecular formula is C14H16F2O3. The van der Waals surface area contributed by atoms with Gasteiger partial charge in [-0.25, -0.2) is 13.6 Å². The molecule has 0 aliphatic heterocycles. The van der Waals surface area contributed by atoms with Crippen molar-refractivity contribution in [1.82, 2.24) is 0 Å². The molecule has 1 aromatic carbocycles. The third-order valence-corrected chi connectivity index (χ3v) is 2.45. The number of carboxylic acids is 1. The Kier molecular flexibility index (Phi) is 5.48. The summed E-state index contributed by atoms with van der Waals surface area (Å²) < 4.78 is 32.6. The lowest BCUT2D eigenvalue weighted by Gasteiger charge is -2.15. The van der Waals surface area contributed by atoms with Gasteiger partial charge in [-0.1, -0.05) is 13.3 Å². The second-order valence-electron chi connectivity index (χ2n) is 4.20. The first-order valence-corrected chi connectivity index (χ1v) is 6.00. The number of carboxylic acid groups (broad SMARTS) is 1. The van der Waals surface area contributed by atoms with Crippen molar-refractivity contribution in [3.05, 3.63) is 35.4 Å². The van der Waals surface area contributed by atoms with E-state index in [9.17, 15) is 13.6 Å². The first-order chi connectivity index (χ1) is 8.93. The molecule has 0 bridgehead atoms. The normalized spacial score (nSPS) is 12.6. The summed E-state index contributed by atoms with van der Waals surface area (Å²) in [6.07, 6.45) is 3.19. The van der Waals surface area contributed by atoms with Crippen LogP contribution in [0.4, 0.5) is 8.78 Å². The monoisotopic (exact) mass is 270 g/mol. The van der Waals surface area contributed by atoms with Crippen molar-refractivity contribution in [1.29, 1.82) is 0 Å². The van der Waals surface area contributed by atoms with Crippen LogP contribution in [0, 0.1) is 11.6 Å². The Balaban J connectivity index is 2.94. The van der Waals surface area contributed by atoms with Crippen LogP contribution in [0.1, 0.15) is 32.3 Å². The summed E-state index contributed by atoms with van der Waals surface area (Å²) in [6.45, 7) is 3.69. The number of ether oxygens (including phenoxy) is 1. The Morgan fingerprint density at radius 1 is 1.42 bits per heavy atom. The van der Waals surface area contributed by atoms with Crippen molar-refractivity contribution in [2.45, 2.75) is 32.8 Å².